The summed E-state index contributed by atoms with van der Waals surface area (Å²) in [6.45, 7) is 1.72. The lowest BCUT2D eigenvalue weighted by Crippen LogP contribution is -2.39. The summed E-state index contributed by atoms with van der Waals surface area (Å²) >= 11 is 0. The fourth-order valence-corrected chi connectivity index (χ4v) is 2.02. The van der Waals surface area contributed by atoms with E-state index in [0.717, 1.165) is 12.1 Å². The lowest BCUT2D eigenvalue weighted by molar-refractivity contribution is 0.202. The molecule has 122 valence electrons. The van der Waals surface area contributed by atoms with E-state index in [4.69, 9.17) is 0 Å². The smallest absolute Gasteiger partial charge is 0.319 e. The van der Waals surface area contributed by atoms with E-state index in [1.165, 1.54) is 12.1 Å². The van der Waals surface area contributed by atoms with Gasteiger partial charge in [-0.15, -0.1) is 0 Å². The number of amides is 2. The first kappa shape index (κ1) is 16.9. The molecule has 2 amide bonds. The number of likely N-dealkylation sites (N-methyl/N-ethyl adjacent to an activating group) is 1. The molecule has 0 radical (unpaired) electrons. The molecule has 0 fully saturated rings. The van der Waals surface area contributed by atoms with Crippen LogP contribution < -0.4 is 5.32 Å². The molecule has 0 saturated carbocycles. The Kier molecular flexibility index (Phi) is 6.05. The number of pyridine rings is 1. The molecular weight excluding hydrogens is 295 g/mol. The summed E-state index contributed by atoms with van der Waals surface area (Å²) in [5.41, 5.74) is 1.53. The zero-order valence-electron chi connectivity index (χ0n) is 13.4. The van der Waals surface area contributed by atoms with Crippen LogP contribution in [0, 0.1) is 5.82 Å². The number of hydrogen-bond donors (Lipinski definition) is 1. The Bertz CT molecular complexity index is 616. The second kappa shape index (κ2) is 8.24. The van der Waals surface area contributed by atoms with Crippen LogP contribution in [-0.4, -0.2) is 48.0 Å². The summed E-state index contributed by atoms with van der Waals surface area (Å²) in [7, 11) is 3.91. The molecule has 23 heavy (non-hydrogen) atoms. The van der Waals surface area contributed by atoms with Gasteiger partial charge in [0, 0.05) is 25.8 Å². The molecule has 6 heteroatoms. The quantitative estimate of drug-likeness (QED) is 0.891. The summed E-state index contributed by atoms with van der Waals surface area (Å²) in [5.74, 6) is -0.284. The predicted octanol–water partition coefficient (Wildman–Crippen LogP) is 2.82. The van der Waals surface area contributed by atoms with Gasteiger partial charge in [-0.2, -0.15) is 0 Å². The van der Waals surface area contributed by atoms with Crippen molar-refractivity contribution < 1.29 is 9.18 Å². The van der Waals surface area contributed by atoms with Gasteiger partial charge in [-0.05, 0) is 43.9 Å². The fourth-order valence-electron chi connectivity index (χ4n) is 2.02. The van der Waals surface area contributed by atoms with Gasteiger partial charge in [0.1, 0.15) is 5.82 Å². The Hall–Kier alpha value is -2.47. The molecule has 5 nitrogen and oxygen atoms in total. The predicted molar refractivity (Wildman–Crippen MR) is 88.6 cm³/mol. The first-order valence-corrected chi connectivity index (χ1v) is 7.40. The number of rotatable bonds is 6. The van der Waals surface area contributed by atoms with Crippen molar-refractivity contribution in [2.45, 2.75) is 6.54 Å². The van der Waals surface area contributed by atoms with Crippen LogP contribution in [0.2, 0.25) is 0 Å². The van der Waals surface area contributed by atoms with E-state index in [2.05, 4.69) is 10.3 Å². The van der Waals surface area contributed by atoms with Crippen LogP contribution in [0.15, 0.2) is 48.8 Å². The number of urea groups is 1. The molecule has 0 aliphatic carbocycles. The average Bonchev–Trinajstić information content (AvgIpc) is 2.54. The van der Waals surface area contributed by atoms with Gasteiger partial charge in [-0.3, -0.25) is 4.98 Å². The Morgan fingerprint density at radius 2 is 1.91 bits per heavy atom. The van der Waals surface area contributed by atoms with Crippen LogP contribution in [0.4, 0.5) is 14.9 Å². The molecule has 1 N–H and O–H groups in total. The molecule has 0 bridgehead atoms. The number of aromatic nitrogens is 1. The first-order chi connectivity index (χ1) is 11.0. The maximum absolute atomic E-state index is 13.0. The van der Waals surface area contributed by atoms with Gasteiger partial charge in [-0.25, -0.2) is 9.18 Å². The summed E-state index contributed by atoms with van der Waals surface area (Å²) < 4.78 is 13.0. The first-order valence-electron chi connectivity index (χ1n) is 7.40. The van der Waals surface area contributed by atoms with Gasteiger partial charge in [0.15, 0.2) is 0 Å². The second-order valence-electron chi connectivity index (χ2n) is 5.52. The topological polar surface area (TPSA) is 48.5 Å². The zero-order valence-corrected chi connectivity index (χ0v) is 13.4. The van der Waals surface area contributed by atoms with Crippen molar-refractivity contribution in [3.05, 3.63) is 60.2 Å². The van der Waals surface area contributed by atoms with Gasteiger partial charge in [0.05, 0.1) is 11.9 Å². The van der Waals surface area contributed by atoms with Crippen molar-refractivity contribution in [2.24, 2.45) is 0 Å². The molecule has 1 aromatic carbocycles. The minimum Gasteiger partial charge on any atom is -0.319 e. The standard InChI is InChI=1S/C17H21FN4O/c1-21(2)10-11-22(13-14-5-7-15(18)8-6-14)17(23)20-16-4-3-9-19-12-16/h3-9,12H,10-11,13H2,1-2H3,(H,20,23). The van der Waals surface area contributed by atoms with E-state index in [1.54, 1.807) is 41.6 Å². The second-order valence-corrected chi connectivity index (χ2v) is 5.52. The molecule has 1 aromatic heterocycles. The molecule has 0 atom stereocenters. The number of carbonyl (C=O) groups is 1. The Morgan fingerprint density at radius 3 is 2.52 bits per heavy atom. The number of carbonyl (C=O) groups excluding carboxylic acids is 1. The summed E-state index contributed by atoms with van der Waals surface area (Å²) in [6, 6.07) is 9.53. The maximum atomic E-state index is 13.0. The third-order valence-electron chi connectivity index (χ3n) is 3.30. The number of hydrogen-bond acceptors (Lipinski definition) is 3. The number of nitrogens with one attached hydrogen (secondary N) is 1. The van der Waals surface area contributed by atoms with Crippen molar-refractivity contribution in [1.29, 1.82) is 0 Å². The van der Waals surface area contributed by atoms with Crippen LogP contribution in [0.25, 0.3) is 0 Å². The molecular formula is C17H21FN4O. The normalized spacial score (nSPS) is 10.6. The number of halogens is 1. The van der Waals surface area contributed by atoms with Gasteiger partial charge < -0.3 is 15.1 Å². The highest BCUT2D eigenvalue weighted by Gasteiger charge is 2.14. The van der Waals surface area contributed by atoms with E-state index in [9.17, 15) is 9.18 Å². The monoisotopic (exact) mass is 316 g/mol. The van der Waals surface area contributed by atoms with Gasteiger partial charge in [-0.1, -0.05) is 12.1 Å². The summed E-state index contributed by atoms with van der Waals surface area (Å²) in [4.78, 5) is 20.2. The highest BCUT2D eigenvalue weighted by Crippen LogP contribution is 2.10. The molecule has 0 aliphatic rings. The van der Waals surface area contributed by atoms with Crippen LogP contribution in [0.1, 0.15) is 5.56 Å². The van der Waals surface area contributed by atoms with E-state index in [1.807, 2.05) is 19.0 Å². The Balaban J connectivity index is 2.06. The van der Waals surface area contributed by atoms with Crippen LogP contribution in [-0.2, 0) is 6.54 Å². The van der Waals surface area contributed by atoms with Gasteiger partial charge in [0.2, 0.25) is 0 Å². The van der Waals surface area contributed by atoms with Crippen molar-refractivity contribution in [1.82, 2.24) is 14.8 Å². The van der Waals surface area contributed by atoms with Crippen molar-refractivity contribution in [2.75, 3.05) is 32.5 Å². The van der Waals surface area contributed by atoms with Gasteiger partial charge >= 0.3 is 6.03 Å². The summed E-state index contributed by atoms with van der Waals surface area (Å²) in [6.07, 6.45) is 3.25. The van der Waals surface area contributed by atoms with Crippen LogP contribution in [0.5, 0.6) is 0 Å². The lowest BCUT2D eigenvalue weighted by atomic mass is 10.2. The molecule has 2 aromatic rings. The minimum absolute atomic E-state index is 0.204. The van der Waals surface area contributed by atoms with E-state index < -0.39 is 0 Å². The number of benzene rings is 1. The molecule has 0 unspecified atom stereocenters. The van der Waals surface area contributed by atoms with E-state index >= 15 is 0 Å². The number of nitrogens with zero attached hydrogens (tertiary/aromatic N) is 3. The highest BCUT2D eigenvalue weighted by molar-refractivity contribution is 5.89. The largest absolute Gasteiger partial charge is 0.322 e. The van der Waals surface area contributed by atoms with Crippen molar-refractivity contribution in [3.63, 3.8) is 0 Å². The zero-order chi connectivity index (χ0) is 16.7. The SMILES string of the molecule is CN(C)CCN(Cc1ccc(F)cc1)C(=O)Nc1cccnc1. The third kappa shape index (κ3) is 5.67. The fraction of sp³-hybridized carbons (Fsp3) is 0.294. The molecule has 2 rings (SSSR count). The average molecular weight is 316 g/mol. The van der Waals surface area contributed by atoms with Gasteiger partial charge in [0.25, 0.3) is 0 Å². The minimum atomic E-state index is -0.284. The van der Waals surface area contributed by atoms with Crippen LogP contribution in [0.3, 0.4) is 0 Å². The van der Waals surface area contributed by atoms with Crippen molar-refractivity contribution >= 4 is 11.7 Å². The molecule has 0 saturated heterocycles. The van der Waals surface area contributed by atoms with Crippen LogP contribution >= 0.6 is 0 Å². The number of anilines is 1. The lowest BCUT2D eigenvalue weighted by Gasteiger charge is -2.25. The summed E-state index contributed by atoms with van der Waals surface area (Å²) in [5, 5.41) is 2.83. The third-order valence-corrected chi connectivity index (χ3v) is 3.30. The molecule has 0 aliphatic heterocycles. The Morgan fingerprint density at radius 1 is 1.17 bits per heavy atom. The van der Waals surface area contributed by atoms with E-state index in [-0.39, 0.29) is 11.8 Å². The van der Waals surface area contributed by atoms with E-state index in [0.29, 0.717) is 18.8 Å². The molecule has 0 spiro atoms. The Labute approximate surface area is 135 Å². The highest BCUT2D eigenvalue weighted by atomic mass is 19.1. The molecule has 1 heterocycles. The maximum Gasteiger partial charge on any atom is 0.322 e. The van der Waals surface area contributed by atoms with Crippen molar-refractivity contribution in [3.8, 4) is 0 Å².